The number of carbonyl (C=O) groups is 3. The molecule has 3 amide bonds. The van der Waals surface area contributed by atoms with Gasteiger partial charge in [-0.05, 0) is 54.3 Å². The Morgan fingerprint density at radius 1 is 0.917 bits per heavy atom. The summed E-state index contributed by atoms with van der Waals surface area (Å²) in [5, 5.41) is 15.8. The van der Waals surface area contributed by atoms with Crippen LogP contribution in [-0.2, 0) is 32.8 Å². The monoisotopic (exact) mass is 485 g/mol. The number of amides is 3. The van der Waals surface area contributed by atoms with Gasteiger partial charge in [-0.1, -0.05) is 42.5 Å². The van der Waals surface area contributed by atoms with Crippen molar-refractivity contribution >= 4 is 23.4 Å². The van der Waals surface area contributed by atoms with Crippen LogP contribution in [0.5, 0.6) is 5.75 Å². The molecule has 0 aromatic heterocycles. The molecule has 36 heavy (non-hydrogen) atoms. The van der Waals surface area contributed by atoms with Gasteiger partial charge in [-0.25, -0.2) is 4.39 Å². The molecule has 6 rings (SSSR count). The molecular formula is C28H24FN3O4. The minimum absolute atomic E-state index is 0.117. The number of fused-ring (bicyclic) bond motifs is 4. The molecule has 2 fully saturated rings. The van der Waals surface area contributed by atoms with Crippen LogP contribution in [0.3, 0.4) is 0 Å². The Kier molecular flexibility index (Phi) is 5.15. The van der Waals surface area contributed by atoms with E-state index in [2.05, 4.69) is 10.6 Å². The number of imide groups is 1. The van der Waals surface area contributed by atoms with Crippen LogP contribution < -0.4 is 10.6 Å². The Morgan fingerprint density at radius 2 is 1.67 bits per heavy atom. The third-order valence-corrected chi connectivity index (χ3v) is 7.63. The normalized spacial score (nSPS) is 26.4. The Hall–Kier alpha value is -4.04. The van der Waals surface area contributed by atoms with Gasteiger partial charge in [-0.15, -0.1) is 0 Å². The first kappa shape index (κ1) is 22.4. The van der Waals surface area contributed by atoms with Gasteiger partial charge < -0.3 is 10.4 Å². The van der Waals surface area contributed by atoms with Gasteiger partial charge in [-0.3, -0.25) is 24.6 Å². The number of aromatic hydroxyl groups is 1. The summed E-state index contributed by atoms with van der Waals surface area (Å²) in [5.41, 5.74) is 1.07. The molecule has 1 spiro atoms. The summed E-state index contributed by atoms with van der Waals surface area (Å²) in [7, 11) is 0. The fraction of sp³-hybridized carbons (Fsp3) is 0.250. The quantitative estimate of drug-likeness (QED) is 0.483. The maximum Gasteiger partial charge on any atom is 0.250 e. The predicted molar refractivity (Wildman–Crippen MR) is 129 cm³/mol. The summed E-state index contributed by atoms with van der Waals surface area (Å²) in [6.45, 7) is 0.203. The van der Waals surface area contributed by atoms with Crippen LogP contribution >= 0.6 is 0 Å². The number of anilines is 1. The first-order valence-electron chi connectivity index (χ1n) is 11.9. The number of hydrogen-bond donors (Lipinski definition) is 3. The fourth-order valence-electron chi connectivity index (χ4n) is 6.00. The number of halogens is 1. The molecule has 3 N–H and O–H groups in total. The molecule has 0 unspecified atom stereocenters. The van der Waals surface area contributed by atoms with E-state index >= 15 is 0 Å². The van der Waals surface area contributed by atoms with Gasteiger partial charge in [0.2, 0.25) is 17.7 Å². The molecular weight excluding hydrogens is 461 g/mol. The van der Waals surface area contributed by atoms with E-state index in [4.69, 9.17) is 0 Å². The maximum absolute atomic E-state index is 14.4. The molecule has 0 bridgehead atoms. The second-order valence-electron chi connectivity index (χ2n) is 9.64. The molecule has 0 aliphatic carbocycles. The molecule has 8 heteroatoms. The minimum atomic E-state index is -1.54. The van der Waals surface area contributed by atoms with Crippen LogP contribution in [0, 0.1) is 17.7 Å². The molecule has 0 radical (unpaired) electrons. The molecule has 4 atom stereocenters. The number of carbonyl (C=O) groups excluding carboxylic acids is 3. The van der Waals surface area contributed by atoms with E-state index < -0.39 is 41.0 Å². The highest BCUT2D eigenvalue weighted by atomic mass is 19.1. The van der Waals surface area contributed by atoms with E-state index in [0.29, 0.717) is 24.1 Å². The number of likely N-dealkylation sites (tertiary alicyclic amines) is 1. The van der Waals surface area contributed by atoms with Gasteiger partial charge in [0.1, 0.15) is 17.1 Å². The predicted octanol–water partition coefficient (Wildman–Crippen LogP) is 2.74. The van der Waals surface area contributed by atoms with Gasteiger partial charge in [0.25, 0.3) is 0 Å². The summed E-state index contributed by atoms with van der Waals surface area (Å²) in [5.74, 6) is -3.40. The van der Waals surface area contributed by atoms with Crippen molar-refractivity contribution < 1.29 is 23.9 Å². The lowest BCUT2D eigenvalue weighted by atomic mass is 9.76. The van der Waals surface area contributed by atoms with Crippen molar-refractivity contribution in [2.75, 3.05) is 11.9 Å². The van der Waals surface area contributed by atoms with Crippen LogP contribution in [0.25, 0.3) is 0 Å². The Balaban J connectivity index is 1.40. The maximum atomic E-state index is 14.4. The van der Waals surface area contributed by atoms with Crippen molar-refractivity contribution in [3.63, 3.8) is 0 Å². The third kappa shape index (κ3) is 3.32. The highest BCUT2D eigenvalue weighted by Crippen LogP contribution is 2.53. The summed E-state index contributed by atoms with van der Waals surface area (Å²) >= 11 is 0. The van der Waals surface area contributed by atoms with E-state index in [-0.39, 0.29) is 18.2 Å². The van der Waals surface area contributed by atoms with Crippen molar-refractivity contribution in [3.05, 3.63) is 95.3 Å². The van der Waals surface area contributed by atoms with E-state index in [1.54, 1.807) is 24.3 Å². The number of phenols is 1. The molecule has 7 nitrogen and oxygen atoms in total. The van der Waals surface area contributed by atoms with Crippen LogP contribution in [-0.4, -0.2) is 40.3 Å². The van der Waals surface area contributed by atoms with Gasteiger partial charge >= 0.3 is 0 Å². The standard InChI is InChI=1S/C28H24FN3O4/c29-18-8-11-21-20(15-18)28(27(36)30-21)24-23(22(31-28)14-17-6-9-19(33)10-7-17)25(34)32(26(24)35)13-12-16-4-2-1-3-5-16/h1-11,15,22-24,31,33H,12-14H2,(H,30,36)/t22-,23-,24+,28-/m1/s1. The zero-order valence-corrected chi connectivity index (χ0v) is 19.3. The first-order chi connectivity index (χ1) is 17.4. The highest BCUT2D eigenvalue weighted by molar-refractivity contribution is 6.15. The molecule has 0 saturated carbocycles. The van der Waals surface area contributed by atoms with Gasteiger partial charge in [0.15, 0.2) is 0 Å². The Morgan fingerprint density at radius 3 is 2.42 bits per heavy atom. The molecule has 3 aliphatic rings. The molecule has 182 valence electrons. The fourth-order valence-corrected chi connectivity index (χ4v) is 6.00. The molecule has 3 aromatic carbocycles. The highest BCUT2D eigenvalue weighted by Gasteiger charge is 2.70. The summed E-state index contributed by atoms with van der Waals surface area (Å²) in [4.78, 5) is 42.3. The second-order valence-corrected chi connectivity index (χ2v) is 9.64. The zero-order chi connectivity index (χ0) is 25.0. The number of hydrogen-bond acceptors (Lipinski definition) is 5. The molecule has 3 aliphatic heterocycles. The van der Waals surface area contributed by atoms with E-state index in [1.165, 1.54) is 23.1 Å². The first-order valence-corrected chi connectivity index (χ1v) is 11.9. The van der Waals surface area contributed by atoms with Crippen molar-refractivity contribution in [2.24, 2.45) is 11.8 Å². The lowest BCUT2D eigenvalue weighted by molar-refractivity contribution is -0.142. The molecule has 3 aromatic rings. The van der Waals surface area contributed by atoms with E-state index in [0.717, 1.165) is 11.1 Å². The largest absolute Gasteiger partial charge is 0.508 e. The zero-order valence-electron chi connectivity index (χ0n) is 19.3. The van der Waals surface area contributed by atoms with E-state index in [9.17, 15) is 23.9 Å². The SMILES string of the molecule is O=C1[C@H]2[C@@H](C(=O)N1CCc1ccccc1)[C@@]1(N[C@@H]2Cc2ccc(O)cc2)C(=O)Nc2ccc(F)cc21. The second kappa shape index (κ2) is 8.27. The molecule has 3 heterocycles. The van der Waals surface area contributed by atoms with Crippen LogP contribution in [0.15, 0.2) is 72.8 Å². The van der Waals surface area contributed by atoms with Crippen LogP contribution in [0.4, 0.5) is 10.1 Å². The van der Waals surface area contributed by atoms with Crippen LogP contribution in [0.1, 0.15) is 16.7 Å². The van der Waals surface area contributed by atoms with Gasteiger partial charge in [-0.2, -0.15) is 0 Å². The Bertz CT molecular complexity index is 1380. The van der Waals surface area contributed by atoms with Gasteiger partial charge in [0, 0.05) is 23.8 Å². The summed E-state index contributed by atoms with van der Waals surface area (Å²) in [6, 6.07) is 19.6. The smallest absolute Gasteiger partial charge is 0.250 e. The number of nitrogens with zero attached hydrogens (tertiary/aromatic N) is 1. The summed E-state index contributed by atoms with van der Waals surface area (Å²) in [6.07, 6.45) is 0.852. The number of phenolic OH excluding ortho intramolecular Hbond substituents is 1. The van der Waals surface area contributed by atoms with Crippen molar-refractivity contribution in [2.45, 2.75) is 24.4 Å². The third-order valence-electron chi connectivity index (χ3n) is 7.63. The lowest BCUT2D eigenvalue weighted by Gasteiger charge is -2.29. The number of rotatable bonds is 5. The minimum Gasteiger partial charge on any atom is -0.508 e. The lowest BCUT2D eigenvalue weighted by Crippen LogP contribution is -2.53. The van der Waals surface area contributed by atoms with E-state index in [1.807, 2.05) is 30.3 Å². The van der Waals surface area contributed by atoms with Crippen molar-refractivity contribution in [3.8, 4) is 5.75 Å². The van der Waals surface area contributed by atoms with Crippen molar-refractivity contribution in [1.82, 2.24) is 10.2 Å². The topological polar surface area (TPSA) is 98.7 Å². The Labute approximate surface area is 206 Å². The van der Waals surface area contributed by atoms with Crippen LogP contribution in [0.2, 0.25) is 0 Å². The average Bonchev–Trinajstić information content (AvgIpc) is 3.44. The average molecular weight is 486 g/mol. The summed E-state index contributed by atoms with van der Waals surface area (Å²) < 4.78 is 14.4. The molecule has 2 saturated heterocycles. The van der Waals surface area contributed by atoms with Crippen molar-refractivity contribution in [1.29, 1.82) is 0 Å². The number of nitrogens with one attached hydrogen (secondary N) is 2. The number of benzene rings is 3. The van der Waals surface area contributed by atoms with Gasteiger partial charge in [0.05, 0.1) is 11.8 Å².